The van der Waals surface area contributed by atoms with Gasteiger partial charge in [0.05, 0.1) is 6.04 Å². The molecule has 3 aliphatic rings. The lowest BCUT2D eigenvalue weighted by Crippen LogP contribution is -2.48. The van der Waals surface area contributed by atoms with Gasteiger partial charge in [0.2, 0.25) is 5.91 Å². The summed E-state index contributed by atoms with van der Waals surface area (Å²) in [4.78, 5) is 20.2. The van der Waals surface area contributed by atoms with Crippen LogP contribution >= 0.6 is 0 Å². The normalized spacial score (nSPS) is 26.3. The van der Waals surface area contributed by atoms with Gasteiger partial charge in [0.15, 0.2) is 0 Å². The fourth-order valence-corrected chi connectivity index (χ4v) is 5.09. The molecule has 4 nitrogen and oxygen atoms in total. The maximum Gasteiger partial charge on any atom is 0.239 e. The molecule has 2 saturated heterocycles. The van der Waals surface area contributed by atoms with Crippen molar-refractivity contribution in [2.75, 3.05) is 39.8 Å². The van der Waals surface area contributed by atoms with Crippen LogP contribution in [0.5, 0.6) is 0 Å². The summed E-state index contributed by atoms with van der Waals surface area (Å²) in [5.74, 6) is 0.381. The molecule has 1 aromatic rings. The predicted octanol–water partition coefficient (Wildman–Crippen LogP) is 2.56. The molecule has 1 aromatic carbocycles. The summed E-state index contributed by atoms with van der Waals surface area (Å²) in [6, 6.07) is 9.62. The molecular formula is C22H33N3O. The predicted molar refractivity (Wildman–Crippen MR) is 105 cm³/mol. The average Bonchev–Trinajstić information content (AvgIpc) is 2.80. The Balaban J connectivity index is 1.35. The van der Waals surface area contributed by atoms with Crippen LogP contribution in [0.15, 0.2) is 24.3 Å². The van der Waals surface area contributed by atoms with Crippen LogP contribution in [0.4, 0.5) is 0 Å². The third kappa shape index (κ3) is 3.81. The monoisotopic (exact) mass is 355 g/mol. The highest BCUT2D eigenvalue weighted by Gasteiger charge is 2.32. The molecule has 0 radical (unpaired) electrons. The number of hydrogen-bond donors (Lipinski definition) is 0. The van der Waals surface area contributed by atoms with Gasteiger partial charge in [-0.25, -0.2) is 0 Å². The molecule has 0 saturated carbocycles. The Labute approximate surface area is 158 Å². The lowest BCUT2D eigenvalue weighted by atomic mass is 10.1. The Morgan fingerprint density at radius 1 is 0.885 bits per heavy atom. The summed E-state index contributed by atoms with van der Waals surface area (Å²) in [7, 11) is 2.13. The number of fused-ring (bicyclic) bond motifs is 1. The van der Waals surface area contributed by atoms with Gasteiger partial charge in [-0.05, 0) is 56.8 Å². The Morgan fingerprint density at radius 2 is 1.65 bits per heavy atom. The van der Waals surface area contributed by atoms with Crippen molar-refractivity contribution in [3.8, 4) is 0 Å². The molecule has 1 aliphatic carbocycles. The lowest BCUT2D eigenvalue weighted by Gasteiger charge is -2.31. The SMILES string of the molecule is CN1CCCCCC1C(=O)N1CCCN(C2Cc3ccccc3C2)CC1. The molecule has 0 bridgehead atoms. The average molecular weight is 356 g/mol. The molecule has 0 spiro atoms. The summed E-state index contributed by atoms with van der Waals surface area (Å²) in [6.45, 7) is 5.05. The van der Waals surface area contributed by atoms with Crippen molar-refractivity contribution in [3.63, 3.8) is 0 Å². The summed E-state index contributed by atoms with van der Waals surface area (Å²) in [6.07, 6.45) is 8.19. The Kier molecular flexibility index (Phi) is 5.60. The zero-order chi connectivity index (χ0) is 17.9. The summed E-state index contributed by atoms with van der Waals surface area (Å²) < 4.78 is 0. The van der Waals surface area contributed by atoms with E-state index in [4.69, 9.17) is 0 Å². The molecule has 26 heavy (non-hydrogen) atoms. The number of hydrogen-bond acceptors (Lipinski definition) is 3. The largest absolute Gasteiger partial charge is 0.340 e. The minimum Gasteiger partial charge on any atom is -0.340 e. The van der Waals surface area contributed by atoms with Gasteiger partial charge in [-0.15, -0.1) is 0 Å². The second-order valence-corrected chi connectivity index (χ2v) is 8.39. The van der Waals surface area contributed by atoms with E-state index in [1.807, 2.05) is 0 Å². The quantitative estimate of drug-likeness (QED) is 0.816. The number of likely N-dealkylation sites (N-methyl/N-ethyl adjacent to an activating group) is 1. The molecule has 2 fully saturated rings. The smallest absolute Gasteiger partial charge is 0.239 e. The second-order valence-electron chi connectivity index (χ2n) is 8.39. The van der Waals surface area contributed by atoms with E-state index in [-0.39, 0.29) is 6.04 Å². The van der Waals surface area contributed by atoms with E-state index < -0.39 is 0 Å². The first-order chi connectivity index (χ1) is 12.7. The van der Waals surface area contributed by atoms with Gasteiger partial charge in [0.1, 0.15) is 0 Å². The molecule has 0 aromatic heterocycles. The van der Waals surface area contributed by atoms with Crippen LogP contribution in [0.2, 0.25) is 0 Å². The summed E-state index contributed by atoms with van der Waals surface area (Å²) in [5.41, 5.74) is 3.05. The van der Waals surface area contributed by atoms with Crippen LogP contribution in [0.3, 0.4) is 0 Å². The molecular weight excluding hydrogens is 322 g/mol. The van der Waals surface area contributed by atoms with Gasteiger partial charge in [-0.3, -0.25) is 14.6 Å². The third-order valence-corrected chi connectivity index (χ3v) is 6.69. The fourth-order valence-electron chi connectivity index (χ4n) is 5.09. The molecule has 1 amide bonds. The van der Waals surface area contributed by atoms with Gasteiger partial charge in [0, 0.05) is 32.2 Å². The van der Waals surface area contributed by atoms with E-state index in [0.29, 0.717) is 11.9 Å². The Morgan fingerprint density at radius 3 is 2.42 bits per heavy atom. The highest BCUT2D eigenvalue weighted by molar-refractivity contribution is 5.82. The van der Waals surface area contributed by atoms with Crippen molar-refractivity contribution in [1.29, 1.82) is 0 Å². The van der Waals surface area contributed by atoms with Gasteiger partial charge < -0.3 is 4.90 Å². The number of nitrogens with zero attached hydrogens (tertiary/aromatic N) is 3. The van der Waals surface area contributed by atoms with Crippen LogP contribution in [0.1, 0.15) is 43.2 Å². The van der Waals surface area contributed by atoms with Crippen molar-refractivity contribution >= 4 is 5.91 Å². The molecule has 2 heterocycles. The molecule has 2 aliphatic heterocycles. The standard InChI is InChI=1S/C22H33N3O/c1-23-11-6-2-3-10-21(23)22(26)25-13-7-12-24(14-15-25)20-16-18-8-4-5-9-19(18)17-20/h4-5,8-9,20-21H,2-3,6-7,10-17H2,1H3. The first-order valence-corrected chi connectivity index (χ1v) is 10.5. The van der Waals surface area contributed by atoms with Crippen molar-refractivity contribution in [3.05, 3.63) is 35.4 Å². The third-order valence-electron chi connectivity index (χ3n) is 6.69. The zero-order valence-electron chi connectivity index (χ0n) is 16.2. The molecule has 1 unspecified atom stereocenters. The Bertz CT molecular complexity index is 607. The van der Waals surface area contributed by atoms with Crippen LogP contribution < -0.4 is 0 Å². The minimum atomic E-state index is 0.111. The highest BCUT2D eigenvalue weighted by Crippen LogP contribution is 2.26. The van der Waals surface area contributed by atoms with Crippen molar-refractivity contribution in [2.24, 2.45) is 0 Å². The maximum absolute atomic E-state index is 13.1. The summed E-state index contributed by atoms with van der Waals surface area (Å²) >= 11 is 0. The van der Waals surface area contributed by atoms with E-state index in [9.17, 15) is 4.79 Å². The summed E-state index contributed by atoms with van der Waals surface area (Å²) in [5, 5.41) is 0. The first-order valence-electron chi connectivity index (χ1n) is 10.5. The zero-order valence-corrected chi connectivity index (χ0v) is 16.2. The van der Waals surface area contributed by atoms with E-state index in [0.717, 1.165) is 45.6 Å². The van der Waals surface area contributed by atoms with Crippen molar-refractivity contribution in [2.45, 2.75) is 57.0 Å². The van der Waals surface area contributed by atoms with E-state index >= 15 is 0 Å². The maximum atomic E-state index is 13.1. The Hall–Kier alpha value is -1.39. The topological polar surface area (TPSA) is 26.8 Å². The van der Waals surface area contributed by atoms with E-state index in [2.05, 4.69) is 46.0 Å². The molecule has 4 rings (SSSR count). The van der Waals surface area contributed by atoms with E-state index in [1.165, 1.54) is 43.2 Å². The van der Waals surface area contributed by atoms with Crippen LogP contribution in [0, 0.1) is 0 Å². The lowest BCUT2D eigenvalue weighted by molar-refractivity contribution is -0.136. The number of carbonyl (C=O) groups excluding carboxylic acids is 1. The minimum absolute atomic E-state index is 0.111. The second kappa shape index (κ2) is 8.10. The van der Waals surface area contributed by atoms with E-state index in [1.54, 1.807) is 0 Å². The first kappa shape index (κ1) is 18.0. The van der Waals surface area contributed by atoms with Crippen LogP contribution in [0.25, 0.3) is 0 Å². The number of benzene rings is 1. The molecule has 0 N–H and O–H groups in total. The van der Waals surface area contributed by atoms with Crippen LogP contribution in [-0.4, -0.2) is 72.5 Å². The van der Waals surface area contributed by atoms with Crippen molar-refractivity contribution in [1.82, 2.24) is 14.7 Å². The molecule has 142 valence electrons. The number of carbonyl (C=O) groups is 1. The van der Waals surface area contributed by atoms with Gasteiger partial charge >= 0.3 is 0 Å². The number of amides is 1. The number of rotatable bonds is 2. The van der Waals surface area contributed by atoms with Gasteiger partial charge in [-0.1, -0.05) is 37.1 Å². The van der Waals surface area contributed by atoms with Crippen molar-refractivity contribution < 1.29 is 4.79 Å². The fraction of sp³-hybridized carbons (Fsp3) is 0.682. The highest BCUT2D eigenvalue weighted by atomic mass is 16.2. The molecule has 1 atom stereocenters. The number of likely N-dealkylation sites (tertiary alicyclic amines) is 1. The molecule has 4 heteroatoms. The van der Waals surface area contributed by atoms with Gasteiger partial charge in [0.25, 0.3) is 0 Å². The van der Waals surface area contributed by atoms with Gasteiger partial charge in [-0.2, -0.15) is 0 Å². The van der Waals surface area contributed by atoms with Crippen LogP contribution in [-0.2, 0) is 17.6 Å².